The highest BCUT2D eigenvalue weighted by Gasteiger charge is 2.43. The Kier molecular flexibility index (Phi) is 6.92. The van der Waals surface area contributed by atoms with Crippen LogP contribution in [0.25, 0.3) is 0 Å². The number of ether oxygens (including phenoxy) is 2. The molecule has 5 nitrogen and oxygen atoms in total. The summed E-state index contributed by atoms with van der Waals surface area (Å²) in [5.74, 6) is -0.00213. The lowest BCUT2D eigenvalue weighted by atomic mass is 9.70. The standard InChI is InChI=1S/C27H30ClNO4S/c1-6-32-26(31)23-15(2)29-20-12-27(4,5)13-21(30)24(20)25(23)22-11-17(16(3)34-22)14-33-19-9-7-18(28)8-10-19/h7-11,25,29H,6,12-14H2,1-5H3. The van der Waals surface area contributed by atoms with Crippen molar-refractivity contribution in [3.63, 3.8) is 0 Å². The quantitative estimate of drug-likeness (QED) is 0.462. The van der Waals surface area contributed by atoms with Gasteiger partial charge in [0.25, 0.3) is 0 Å². The van der Waals surface area contributed by atoms with Crippen molar-refractivity contribution in [1.82, 2.24) is 5.32 Å². The molecule has 7 heteroatoms. The summed E-state index contributed by atoms with van der Waals surface area (Å²) in [5.41, 5.74) is 3.78. The number of carbonyl (C=O) groups is 2. The minimum atomic E-state index is -0.438. The van der Waals surface area contributed by atoms with E-state index in [4.69, 9.17) is 21.1 Å². The Bertz CT molecular complexity index is 1190. The molecule has 2 aromatic rings. The molecule has 1 atom stereocenters. The minimum Gasteiger partial charge on any atom is -0.489 e. The van der Waals surface area contributed by atoms with Gasteiger partial charge in [-0.2, -0.15) is 0 Å². The van der Waals surface area contributed by atoms with Gasteiger partial charge in [-0.25, -0.2) is 4.79 Å². The van der Waals surface area contributed by atoms with E-state index < -0.39 is 5.92 Å². The molecule has 2 aliphatic rings. The number of rotatable bonds is 6. The van der Waals surface area contributed by atoms with Crippen LogP contribution in [0.3, 0.4) is 0 Å². The third-order valence-electron chi connectivity index (χ3n) is 6.27. The van der Waals surface area contributed by atoms with Crippen molar-refractivity contribution in [2.24, 2.45) is 5.41 Å². The maximum Gasteiger partial charge on any atom is 0.336 e. The van der Waals surface area contributed by atoms with Crippen molar-refractivity contribution < 1.29 is 19.1 Å². The molecule has 0 spiro atoms. The lowest BCUT2D eigenvalue weighted by molar-refractivity contribution is -0.138. The monoisotopic (exact) mass is 499 g/mol. The van der Waals surface area contributed by atoms with Gasteiger partial charge in [0.05, 0.1) is 18.1 Å². The second-order valence-corrected chi connectivity index (χ2v) is 11.3. The van der Waals surface area contributed by atoms with Gasteiger partial charge < -0.3 is 14.8 Å². The Balaban J connectivity index is 1.72. The van der Waals surface area contributed by atoms with Crippen LogP contribution in [-0.2, 0) is 20.9 Å². The van der Waals surface area contributed by atoms with E-state index in [1.54, 1.807) is 30.4 Å². The molecule has 180 valence electrons. The summed E-state index contributed by atoms with van der Waals surface area (Å²) in [6.07, 6.45) is 1.21. The molecule has 4 rings (SSSR count). The molecule has 1 aliphatic heterocycles. The zero-order chi connectivity index (χ0) is 24.6. The Labute approximate surface area is 209 Å². The number of hydrogen-bond acceptors (Lipinski definition) is 6. The van der Waals surface area contributed by atoms with E-state index >= 15 is 0 Å². The Hall–Kier alpha value is -2.57. The number of aryl methyl sites for hydroxylation is 1. The first kappa shape index (κ1) is 24.6. The summed E-state index contributed by atoms with van der Waals surface area (Å²) >= 11 is 7.57. The molecule has 2 heterocycles. The number of benzene rings is 1. The molecule has 0 saturated heterocycles. The van der Waals surface area contributed by atoms with Gasteiger partial charge in [-0.1, -0.05) is 25.4 Å². The largest absolute Gasteiger partial charge is 0.489 e. The molecule has 1 aromatic heterocycles. The van der Waals surface area contributed by atoms with Crippen LogP contribution in [0.15, 0.2) is 52.9 Å². The van der Waals surface area contributed by atoms with Gasteiger partial charge in [-0.05, 0) is 62.9 Å². The molecule has 0 radical (unpaired) electrons. The number of Topliss-reactive ketones (excluding diaryl/α,β-unsaturated/α-hetero) is 1. The highest BCUT2D eigenvalue weighted by molar-refractivity contribution is 7.12. The van der Waals surface area contributed by atoms with Crippen molar-refractivity contribution in [2.45, 2.75) is 60.0 Å². The number of allylic oxidation sites excluding steroid dienone is 3. The molecule has 1 N–H and O–H groups in total. The van der Waals surface area contributed by atoms with Crippen molar-refractivity contribution >= 4 is 34.7 Å². The van der Waals surface area contributed by atoms with Crippen LogP contribution in [0.5, 0.6) is 5.75 Å². The summed E-state index contributed by atoms with van der Waals surface area (Å²) in [4.78, 5) is 28.5. The Morgan fingerprint density at radius 3 is 2.59 bits per heavy atom. The van der Waals surface area contributed by atoms with Gasteiger partial charge in [0.2, 0.25) is 0 Å². The number of hydrogen-bond donors (Lipinski definition) is 1. The molecular weight excluding hydrogens is 470 g/mol. The van der Waals surface area contributed by atoms with Gasteiger partial charge in [0, 0.05) is 43.7 Å². The van der Waals surface area contributed by atoms with E-state index in [2.05, 4.69) is 25.2 Å². The van der Waals surface area contributed by atoms with Gasteiger partial charge in [0.15, 0.2) is 5.78 Å². The first-order valence-corrected chi connectivity index (χ1v) is 12.7. The molecule has 0 amide bonds. The van der Waals surface area contributed by atoms with E-state index in [1.807, 2.05) is 26.0 Å². The van der Waals surface area contributed by atoms with Gasteiger partial charge in [-0.3, -0.25) is 4.79 Å². The molecule has 0 bridgehead atoms. The van der Waals surface area contributed by atoms with Crippen LogP contribution >= 0.6 is 22.9 Å². The smallest absolute Gasteiger partial charge is 0.336 e. The van der Waals surface area contributed by atoms with Crippen molar-refractivity contribution in [3.8, 4) is 5.75 Å². The van der Waals surface area contributed by atoms with E-state index in [1.165, 1.54) is 0 Å². The third-order valence-corrected chi connectivity index (χ3v) is 7.68. The molecule has 0 fully saturated rings. The fraction of sp³-hybridized carbons (Fsp3) is 0.407. The van der Waals surface area contributed by atoms with E-state index in [-0.39, 0.29) is 23.8 Å². The highest BCUT2D eigenvalue weighted by atomic mass is 35.5. The number of thiophene rings is 1. The average molecular weight is 500 g/mol. The summed E-state index contributed by atoms with van der Waals surface area (Å²) in [6, 6.07) is 9.32. The lowest BCUT2D eigenvalue weighted by Gasteiger charge is -2.39. The average Bonchev–Trinajstić information content (AvgIpc) is 3.11. The predicted molar refractivity (Wildman–Crippen MR) is 135 cm³/mol. The molecule has 1 aliphatic carbocycles. The summed E-state index contributed by atoms with van der Waals surface area (Å²) in [5, 5.41) is 4.03. The van der Waals surface area contributed by atoms with E-state index in [0.717, 1.165) is 38.9 Å². The first-order valence-electron chi connectivity index (χ1n) is 11.5. The fourth-order valence-electron chi connectivity index (χ4n) is 4.72. The zero-order valence-electron chi connectivity index (χ0n) is 20.2. The number of nitrogens with one attached hydrogen (secondary N) is 1. The van der Waals surface area contributed by atoms with Crippen LogP contribution in [0.2, 0.25) is 5.02 Å². The highest BCUT2D eigenvalue weighted by Crippen LogP contribution is 2.48. The van der Waals surface area contributed by atoms with E-state index in [9.17, 15) is 9.59 Å². The van der Waals surface area contributed by atoms with Crippen molar-refractivity contribution in [3.05, 3.63) is 73.2 Å². The van der Waals surface area contributed by atoms with Gasteiger partial charge in [-0.15, -0.1) is 11.3 Å². The number of ketones is 1. The summed E-state index contributed by atoms with van der Waals surface area (Å²) in [7, 11) is 0. The minimum absolute atomic E-state index is 0.0862. The molecular formula is C27H30ClNO4S. The van der Waals surface area contributed by atoms with E-state index in [0.29, 0.717) is 29.2 Å². The third kappa shape index (κ3) is 4.93. The normalized spacial score (nSPS) is 19.6. The maximum atomic E-state index is 13.4. The predicted octanol–water partition coefficient (Wildman–Crippen LogP) is 6.46. The summed E-state index contributed by atoms with van der Waals surface area (Å²) in [6.45, 7) is 10.6. The topological polar surface area (TPSA) is 64.6 Å². The van der Waals surface area contributed by atoms with Crippen LogP contribution < -0.4 is 10.1 Å². The van der Waals surface area contributed by atoms with Gasteiger partial charge in [0.1, 0.15) is 12.4 Å². The first-order chi connectivity index (χ1) is 16.1. The number of dihydropyridines is 1. The van der Waals surface area contributed by atoms with Crippen LogP contribution in [-0.4, -0.2) is 18.4 Å². The van der Waals surface area contributed by atoms with Crippen LogP contribution in [0, 0.1) is 12.3 Å². The van der Waals surface area contributed by atoms with Crippen LogP contribution in [0.4, 0.5) is 0 Å². The Morgan fingerprint density at radius 1 is 1.21 bits per heavy atom. The zero-order valence-corrected chi connectivity index (χ0v) is 21.8. The SMILES string of the molecule is CCOC(=O)C1=C(C)NC2=C(C(=O)CC(C)(C)C2)C1c1cc(COc2ccc(Cl)cc2)c(C)s1. The molecule has 0 saturated carbocycles. The van der Waals surface area contributed by atoms with Crippen molar-refractivity contribution in [1.29, 1.82) is 0 Å². The van der Waals surface area contributed by atoms with Crippen molar-refractivity contribution in [2.75, 3.05) is 6.61 Å². The number of esters is 1. The van der Waals surface area contributed by atoms with Crippen LogP contribution in [0.1, 0.15) is 61.8 Å². The molecule has 34 heavy (non-hydrogen) atoms. The molecule has 1 unspecified atom stereocenters. The summed E-state index contributed by atoms with van der Waals surface area (Å²) < 4.78 is 11.4. The fourth-order valence-corrected chi connectivity index (χ4v) is 6.01. The van der Waals surface area contributed by atoms with Gasteiger partial charge >= 0.3 is 5.97 Å². The number of halogens is 1. The molecule has 1 aromatic carbocycles. The second kappa shape index (κ2) is 9.59. The Morgan fingerprint density at radius 2 is 1.91 bits per heavy atom. The lowest BCUT2D eigenvalue weighted by Crippen LogP contribution is -2.38. The number of carbonyl (C=O) groups excluding carboxylic acids is 2. The second-order valence-electron chi connectivity index (χ2n) is 9.62. The maximum absolute atomic E-state index is 13.4.